The minimum Gasteiger partial charge on any atom is -0.444 e. The Balaban J connectivity index is 2.95. The molecule has 0 saturated heterocycles. The largest absolute Gasteiger partial charge is 0.444 e. The van der Waals surface area contributed by atoms with Crippen molar-refractivity contribution in [2.75, 3.05) is 6.61 Å². The molecule has 0 radical (unpaired) electrons. The maximum absolute atomic E-state index is 13.6. The Labute approximate surface area is 124 Å². The van der Waals surface area contributed by atoms with E-state index in [0.29, 0.717) is 16.7 Å². The molecule has 0 heterocycles. The molecule has 116 valence electrons. The number of nitrogens with one attached hydrogen (secondary N) is 1. The molecule has 0 spiro atoms. The second-order valence-corrected chi connectivity index (χ2v) is 5.93. The maximum atomic E-state index is 13.6. The Morgan fingerprint density at radius 1 is 1.43 bits per heavy atom. The van der Waals surface area contributed by atoms with Gasteiger partial charge < -0.3 is 15.2 Å². The van der Waals surface area contributed by atoms with Gasteiger partial charge in [0.05, 0.1) is 12.6 Å². The highest BCUT2D eigenvalue weighted by atomic mass is 19.1. The molecule has 1 rings (SSSR count). The average molecular weight is 295 g/mol. The number of hydrogen-bond donors (Lipinski definition) is 2. The van der Waals surface area contributed by atoms with Crippen molar-refractivity contribution < 1.29 is 19.0 Å². The Morgan fingerprint density at radius 2 is 2.05 bits per heavy atom. The lowest BCUT2D eigenvalue weighted by Crippen LogP contribution is -2.36. The SMILES string of the molecule is C=C(C)c1cc(F)cc([C@@H](CO)NC(=O)OC(C)(C)C)c1. The zero-order valence-electron chi connectivity index (χ0n) is 12.9. The molecule has 2 N–H and O–H groups in total. The molecule has 0 fully saturated rings. The van der Waals surface area contributed by atoms with Crippen LogP contribution in [0.25, 0.3) is 5.57 Å². The second kappa shape index (κ2) is 6.72. The summed E-state index contributed by atoms with van der Waals surface area (Å²) < 4.78 is 18.8. The van der Waals surface area contributed by atoms with E-state index in [9.17, 15) is 14.3 Å². The van der Waals surface area contributed by atoms with E-state index in [1.165, 1.54) is 12.1 Å². The van der Waals surface area contributed by atoms with Gasteiger partial charge in [-0.3, -0.25) is 0 Å². The Bertz CT molecular complexity index is 535. The highest BCUT2D eigenvalue weighted by Crippen LogP contribution is 2.21. The molecule has 0 aliphatic heterocycles. The van der Waals surface area contributed by atoms with Crippen molar-refractivity contribution in [2.45, 2.75) is 39.3 Å². The number of allylic oxidation sites excluding steroid dienone is 1. The van der Waals surface area contributed by atoms with Gasteiger partial charge in [-0.1, -0.05) is 12.2 Å². The normalized spacial score (nSPS) is 12.7. The van der Waals surface area contributed by atoms with E-state index in [1.54, 1.807) is 33.8 Å². The first-order valence-electron chi connectivity index (χ1n) is 6.69. The van der Waals surface area contributed by atoms with Crippen LogP contribution in [0.1, 0.15) is 44.9 Å². The molecule has 0 aromatic heterocycles. The molecular weight excluding hydrogens is 273 g/mol. The van der Waals surface area contributed by atoms with Gasteiger partial charge in [0.2, 0.25) is 0 Å². The van der Waals surface area contributed by atoms with Crippen LogP contribution in [-0.2, 0) is 4.74 Å². The minimum absolute atomic E-state index is 0.363. The number of benzene rings is 1. The lowest BCUT2D eigenvalue weighted by molar-refractivity contribution is 0.0481. The number of alkyl carbamates (subject to hydrolysis) is 1. The Hall–Kier alpha value is -1.88. The molecule has 1 amide bonds. The smallest absolute Gasteiger partial charge is 0.408 e. The third-order valence-electron chi connectivity index (χ3n) is 2.69. The first kappa shape index (κ1) is 17.2. The van der Waals surface area contributed by atoms with Crippen molar-refractivity contribution in [3.05, 3.63) is 41.7 Å². The first-order valence-corrected chi connectivity index (χ1v) is 6.69. The lowest BCUT2D eigenvalue weighted by atomic mass is 10.0. The summed E-state index contributed by atoms with van der Waals surface area (Å²) in [6, 6.07) is 3.57. The number of amides is 1. The fourth-order valence-corrected chi connectivity index (χ4v) is 1.74. The molecule has 4 nitrogen and oxygen atoms in total. The van der Waals surface area contributed by atoms with E-state index in [0.717, 1.165) is 0 Å². The van der Waals surface area contributed by atoms with Crippen molar-refractivity contribution in [1.82, 2.24) is 5.32 Å². The standard InChI is InChI=1S/C16H22FNO3/c1-10(2)11-6-12(8-13(17)7-11)14(9-19)18-15(20)21-16(3,4)5/h6-8,14,19H,1,9H2,2-5H3,(H,18,20)/t14-/m1/s1. The topological polar surface area (TPSA) is 58.6 Å². The molecule has 5 heteroatoms. The predicted molar refractivity (Wildman–Crippen MR) is 80.3 cm³/mol. The minimum atomic E-state index is -0.742. The van der Waals surface area contributed by atoms with Crippen LogP contribution in [-0.4, -0.2) is 23.4 Å². The summed E-state index contributed by atoms with van der Waals surface area (Å²) >= 11 is 0. The van der Waals surface area contributed by atoms with Crippen LogP contribution in [0.5, 0.6) is 0 Å². The first-order chi connectivity index (χ1) is 9.62. The third kappa shape index (κ3) is 5.55. The number of aliphatic hydroxyl groups is 1. The van der Waals surface area contributed by atoms with Gasteiger partial charge in [0.1, 0.15) is 11.4 Å². The van der Waals surface area contributed by atoms with Gasteiger partial charge in [-0.15, -0.1) is 0 Å². The van der Waals surface area contributed by atoms with Gasteiger partial charge in [0.15, 0.2) is 0 Å². The zero-order valence-corrected chi connectivity index (χ0v) is 12.9. The summed E-state index contributed by atoms with van der Waals surface area (Å²) in [7, 11) is 0. The van der Waals surface area contributed by atoms with Crippen molar-refractivity contribution >= 4 is 11.7 Å². The van der Waals surface area contributed by atoms with Gasteiger partial charge in [-0.05, 0) is 57.0 Å². The van der Waals surface area contributed by atoms with E-state index in [2.05, 4.69) is 11.9 Å². The summed E-state index contributed by atoms with van der Waals surface area (Å²) in [6.07, 6.45) is -0.664. The molecule has 21 heavy (non-hydrogen) atoms. The van der Waals surface area contributed by atoms with E-state index < -0.39 is 23.6 Å². The number of hydrogen-bond acceptors (Lipinski definition) is 3. The average Bonchev–Trinajstić information content (AvgIpc) is 2.32. The van der Waals surface area contributed by atoms with E-state index >= 15 is 0 Å². The van der Waals surface area contributed by atoms with Crippen molar-refractivity contribution in [2.24, 2.45) is 0 Å². The molecular formula is C16H22FNO3. The summed E-state index contributed by atoms with van der Waals surface area (Å²) in [5.74, 6) is -0.449. The summed E-state index contributed by atoms with van der Waals surface area (Å²) in [4.78, 5) is 11.7. The van der Waals surface area contributed by atoms with Crippen LogP contribution in [0.4, 0.5) is 9.18 Å². The third-order valence-corrected chi connectivity index (χ3v) is 2.69. The van der Waals surface area contributed by atoms with Crippen LogP contribution in [0, 0.1) is 5.82 Å². The van der Waals surface area contributed by atoms with Crippen molar-refractivity contribution in [3.8, 4) is 0 Å². The number of carbonyl (C=O) groups excluding carboxylic acids is 1. The fourth-order valence-electron chi connectivity index (χ4n) is 1.74. The highest BCUT2D eigenvalue weighted by molar-refractivity contribution is 5.69. The quantitative estimate of drug-likeness (QED) is 0.895. The van der Waals surface area contributed by atoms with E-state index in [-0.39, 0.29) is 6.61 Å². The number of aliphatic hydroxyl groups excluding tert-OH is 1. The number of rotatable bonds is 4. The number of ether oxygens (including phenoxy) is 1. The van der Waals surface area contributed by atoms with Crippen LogP contribution >= 0.6 is 0 Å². The van der Waals surface area contributed by atoms with Gasteiger partial charge in [-0.2, -0.15) is 0 Å². The molecule has 0 aliphatic carbocycles. The molecule has 0 bridgehead atoms. The van der Waals surface area contributed by atoms with Gasteiger partial charge in [0.25, 0.3) is 0 Å². The second-order valence-electron chi connectivity index (χ2n) is 5.93. The predicted octanol–water partition coefficient (Wildman–Crippen LogP) is 3.42. The van der Waals surface area contributed by atoms with Gasteiger partial charge in [-0.25, -0.2) is 9.18 Å². The van der Waals surface area contributed by atoms with Crippen LogP contribution < -0.4 is 5.32 Å². The summed E-state index contributed by atoms with van der Waals surface area (Å²) in [5, 5.41) is 12.0. The van der Waals surface area contributed by atoms with Crippen molar-refractivity contribution in [1.29, 1.82) is 0 Å². The van der Waals surface area contributed by atoms with E-state index in [4.69, 9.17) is 4.74 Å². The fraction of sp³-hybridized carbons (Fsp3) is 0.438. The Morgan fingerprint density at radius 3 is 2.52 bits per heavy atom. The maximum Gasteiger partial charge on any atom is 0.408 e. The number of carbonyl (C=O) groups is 1. The molecule has 1 atom stereocenters. The highest BCUT2D eigenvalue weighted by Gasteiger charge is 2.20. The molecule has 0 unspecified atom stereocenters. The molecule has 0 saturated carbocycles. The summed E-state index contributed by atoms with van der Waals surface area (Å²) in [5.41, 5.74) is 1.13. The van der Waals surface area contributed by atoms with Gasteiger partial charge >= 0.3 is 6.09 Å². The molecule has 1 aromatic rings. The van der Waals surface area contributed by atoms with E-state index in [1.807, 2.05) is 0 Å². The summed E-state index contributed by atoms with van der Waals surface area (Å²) in [6.45, 7) is 10.4. The van der Waals surface area contributed by atoms with Crippen LogP contribution in [0.15, 0.2) is 24.8 Å². The molecule has 1 aromatic carbocycles. The lowest BCUT2D eigenvalue weighted by Gasteiger charge is -2.23. The monoisotopic (exact) mass is 295 g/mol. The van der Waals surface area contributed by atoms with Crippen molar-refractivity contribution in [3.63, 3.8) is 0 Å². The van der Waals surface area contributed by atoms with Gasteiger partial charge in [0, 0.05) is 0 Å². The van der Waals surface area contributed by atoms with Crippen LogP contribution in [0.2, 0.25) is 0 Å². The molecule has 0 aliphatic rings. The zero-order chi connectivity index (χ0) is 16.2. The Kier molecular flexibility index (Phi) is 5.49. The van der Waals surface area contributed by atoms with Crippen LogP contribution in [0.3, 0.4) is 0 Å². The number of halogens is 1.